The van der Waals surface area contributed by atoms with Crippen LogP contribution in [0.25, 0.3) is 0 Å². The van der Waals surface area contributed by atoms with E-state index in [2.05, 4.69) is 6.92 Å². The summed E-state index contributed by atoms with van der Waals surface area (Å²) in [5.41, 5.74) is 0. The van der Waals surface area contributed by atoms with Gasteiger partial charge in [0.25, 0.3) is 6.47 Å². The average molecular weight is 264 g/mol. The molecule has 0 spiro atoms. The highest BCUT2D eigenvalue weighted by Crippen LogP contribution is 2.29. The van der Waals surface area contributed by atoms with Crippen molar-refractivity contribution in [1.29, 1.82) is 0 Å². The molecule has 1 aromatic carbocycles. The average Bonchev–Trinajstić information content (AvgIpc) is 2.41. The van der Waals surface area contributed by atoms with Crippen molar-refractivity contribution in [1.82, 2.24) is 0 Å². The van der Waals surface area contributed by atoms with Gasteiger partial charge in [0.05, 0.1) is 5.92 Å². The lowest BCUT2D eigenvalue weighted by atomic mass is 9.83. The molecule has 1 aromatic rings. The molecule has 19 heavy (non-hydrogen) atoms. The molecule has 2 rings (SSSR count). The van der Waals surface area contributed by atoms with Gasteiger partial charge in [-0.1, -0.05) is 25.1 Å². The molecule has 0 heterocycles. The summed E-state index contributed by atoms with van der Waals surface area (Å²) in [5, 5.41) is 6.89. The first-order valence-corrected chi connectivity index (χ1v) is 6.52. The molecule has 0 saturated heterocycles. The third-order valence-corrected chi connectivity index (χ3v) is 3.31. The molecule has 0 unspecified atom stereocenters. The van der Waals surface area contributed by atoms with Crippen LogP contribution in [0.5, 0.6) is 5.75 Å². The number of carbonyl (C=O) groups is 2. The van der Waals surface area contributed by atoms with E-state index in [1.807, 2.05) is 30.3 Å². The zero-order chi connectivity index (χ0) is 14.1. The molecule has 4 heteroatoms. The van der Waals surface area contributed by atoms with E-state index in [-0.39, 0.29) is 18.4 Å². The lowest BCUT2D eigenvalue weighted by molar-refractivity contribution is -0.140. The quantitative estimate of drug-likeness (QED) is 0.506. The number of esters is 1. The number of hydrogen-bond acceptors (Lipinski definition) is 3. The van der Waals surface area contributed by atoms with Gasteiger partial charge in [-0.15, -0.1) is 0 Å². The molecule has 104 valence electrons. The van der Waals surface area contributed by atoms with E-state index in [9.17, 15) is 4.79 Å². The molecule has 0 bridgehead atoms. The molecular weight excluding hydrogens is 244 g/mol. The van der Waals surface area contributed by atoms with Crippen LogP contribution < -0.4 is 4.74 Å². The molecule has 1 aliphatic rings. The monoisotopic (exact) mass is 264 g/mol. The third-order valence-electron chi connectivity index (χ3n) is 3.31. The second-order valence-corrected chi connectivity index (χ2v) is 4.80. The molecule has 0 aliphatic heterocycles. The fourth-order valence-corrected chi connectivity index (χ4v) is 2.18. The minimum absolute atomic E-state index is 0.0573. The summed E-state index contributed by atoms with van der Waals surface area (Å²) in [6.07, 6.45) is 4.25. The Morgan fingerprint density at radius 3 is 2.26 bits per heavy atom. The van der Waals surface area contributed by atoms with E-state index in [1.54, 1.807) is 0 Å². The van der Waals surface area contributed by atoms with Crippen molar-refractivity contribution in [2.24, 2.45) is 11.8 Å². The van der Waals surface area contributed by atoms with Gasteiger partial charge in [-0.3, -0.25) is 9.59 Å². The largest absolute Gasteiger partial charge is 0.483 e. The Morgan fingerprint density at radius 2 is 1.74 bits per heavy atom. The lowest BCUT2D eigenvalue weighted by Gasteiger charge is -2.24. The summed E-state index contributed by atoms with van der Waals surface area (Å²) in [6.45, 7) is 2.00. The Labute approximate surface area is 113 Å². The second-order valence-electron chi connectivity index (χ2n) is 4.80. The lowest BCUT2D eigenvalue weighted by Crippen LogP contribution is -2.24. The van der Waals surface area contributed by atoms with Crippen LogP contribution in [0.15, 0.2) is 30.3 Å². The Kier molecular flexibility index (Phi) is 6.64. The van der Waals surface area contributed by atoms with Crippen molar-refractivity contribution >= 4 is 12.4 Å². The molecule has 1 N–H and O–H groups in total. The first-order valence-electron chi connectivity index (χ1n) is 6.52. The molecule has 1 fully saturated rings. The zero-order valence-corrected chi connectivity index (χ0v) is 11.1. The van der Waals surface area contributed by atoms with Crippen LogP contribution in [-0.2, 0) is 9.59 Å². The van der Waals surface area contributed by atoms with Gasteiger partial charge in [0, 0.05) is 0 Å². The standard InChI is InChI=1S/C14H18O2.CH2O2/c1-11-7-9-12(10-8-11)14(15)16-13-5-3-2-4-6-13;2-1-3/h2-6,11-12H,7-10H2,1H3;1H,(H,2,3). The maximum absolute atomic E-state index is 11.9. The molecule has 0 amide bonds. The highest BCUT2D eigenvalue weighted by atomic mass is 16.5. The number of hydrogen-bond donors (Lipinski definition) is 1. The molecule has 0 aromatic heterocycles. The van der Waals surface area contributed by atoms with Crippen molar-refractivity contribution in [3.63, 3.8) is 0 Å². The van der Waals surface area contributed by atoms with Crippen molar-refractivity contribution < 1.29 is 19.4 Å². The Hall–Kier alpha value is -1.84. The highest BCUT2D eigenvalue weighted by molar-refractivity contribution is 5.75. The Bertz CT molecular complexity index is 380. The van der Waals surface area contributed by atoms with E-state index in [4.69, 9.17) is 14.6 Å². The predicted octanol–water partition coefficient (Wildman–Crippen LogP) is 3.12. The Morgan fingerprint density at radius 1 is 1.21 bits per heavy atom. The summed E-state index contributed by atoms with van der Waals surface area (Å²) in [7, 11) is 0. The van der Waals surface area contributed by atoms with Gasteiger partial charge in [-0.05, 0) is 43.7 Å². The molecule has 0 radical (unpaired) electrons. The van der Waals surface area contributed by atoms with Gasteiger partial charge >= 0.3 is 5.97 Å². The van der Waals surface area contributed by atoms with Crippen LogP contribution in [0.2, 0.25) is 0 Å². The zero-order valence-electron chi connectivity index (χ0n) is 11.1. The Balaban J connectivity index is 0.000000550. The van der Waals surface area contributed by atoms with E-state index >= 15 is 0 Å². The van der Waals surface area contributed by atoms with Gasteiger partial charge in [-0.25, -0.2) is 0 Å². The van der Waals surface area contributed by atoms with Gasteiger partial charge in [0.2, 0.25) is 0 Å². The molecule has 1 saturated carbocycles. The van der Waals surface area contributed by atoms with Gasteiger partial charge in [0.1, 0.15) is 5.75 Å². The summed E-state index contributed by atoms with van der Waals surface area (Å²) in [4.78, 5) is 20.2. The number of benzene rings is 1. The fourth-order valence-electron chi connectivity index (χ4n) is 2.18. The van der Waals surface area contributed by atoms with E-state index in [0.717, 1.165) is 31.6 Å². The predicted molar refractivity (Wildman–Crippen MR) is 71.9 cm³/mol. The van der Waals surface area contributed by atoms with Crippen molar-refractivity contribution in [2.45, 2.75) is 32.6 Å². The molecular formula is C15H20O4. The summed E-state index contributed by atoms with van der Waals surface area (Å²) in [6, 6.07) is 9.32. The molecule has 1 aliphatic carbocycles. The molecule has 4 nitrogen and oxygen atoms in total. The smallest absolute Gasteiger partial charge is 0.314 e. The number of carbonyl (C=O) groups excluding carboxylic acids is 1. The third kappa shape index (κ3) is 5.55. The van der Waals surface area contributed by atoms with E-state index in [1.165, 1.54) is 0 Å². The van der Waals surface area contributed by atoms with Crippen molar-refractivity contribution in [3.05, 3.63) is 30.3 Å². The van der Waals surface area contributed by atoms with Gasteiger partial charge < -0.3 is 9.84 Å². The van der Waals surface area contributed by atoms with Crippen LogP contribution in [0.4, 0.5) is 0 Å². The number of carboxylic acid groups (broad SMARTS) is 1. The summed E-state index contributed by atoms with van der Waals surface area (Å²) in [5.74, 6) is 1.47. The summed E-state index contributed by atoms with van der Waals surface area (Å²) < 4.78 is 5.35. The van der Waals surface area contributed by atoms with Crippen LogP contribution >= 0.6 is 0 Å². The van der Waals surface area contributed by atoms with Crippen LogP contribution in [0.1, 0.15) is 32.6 Å². The normalized spacial score (nSPS) is 21.7. The van der Waals surface area contributed by atoms with Crippen molar-refractivity contribution in [3.8, 4) is 5.75 Å². The molecule has 0 atom stereocenters. The minimum Gasteiger partial charge on any atom is -0.483 e. The first-order chi connectivity index (χ1) is 9.17. The van der Waals surface area contributed by atoms with Crippen molar-refractivity contribution in [2.75, 3.05) is 0 Å². The minimum atomic E-state index is -0.250. The van der Waals surface area contributed by atoms with Crippen LogP contribution in [-0.4, -0.2) is 17.5 Å². The van der Waals surface area contributed by atoms with E-state index in [0.29, 0.717) is 5.75 Å². The van der Waals surface area contributed by atoms with Crippen LogP contribution in [0, 0.1) is 11.8 Å². The van der Waals surface area contributed by atoms with E-state index < -0.39 is 0 Å². The topological polar surface area (TPSA) is 63.6 Å². The number of rotatable bonds is 2. The second kappa shape index (κ2) is 8.29. The maximum atomic E-state index is 11.9. The highest BCUT2D eigenvalue weighted by Gasteiger charge is 2.25. The SMILES string of the molecule is CC1CCC(C(=O)Oc2ccccc2)CC1.O=CO. The number of ether oxygens (including phenoxy) is 1. The maximum Gasteiger partial charge on any atom is 0.314 e. The van der Waals surface area contributed by atoms with Gasteiger partial charge in [0.15, 0.2) is 0 Å². The summed E-state index contributed by atoms with van der Waals surface area (Å²) >= 11 is 0. The number of para-hydroxylation sites is 1. The first kappa shape index (κ1) is 15.2. The fraction of sp³-hybridized carbons (Fsp3) is 0.467. The van der Waals surface area contributed by atoms with Gasteiger partial charge in [-0.2, -0.15) is 0 Å². The van der Waals surface area contributed by atoms with Crippen LogP contribution in [0.3, 0.4) is 0 Å².